The van der Waals surface area contributed by atoms with Crippen molar-refractivity contribution in [2.75, 3.05) is 18.4 Å². The van der Waals surface area contributed by atoms with Gasteiger partial charge in [-0.2, -0.15) is 5.26 Å². The van der Waals surface area contributed by atoms with Crippen molar-refractivity contribution >= 4 is 15.8 Å². The third kappa shape index (κ3) is 4.20. The first-order chi connectivity index (χ1) is 10.1. The first-order valence-electron chi connectivity index (χ1n) is 5.99. The average Bonchev–Trinajstić information content (AvgIpc) is 2.53. The molecular weight excluding hydrogens is 292 g/mol. The summed E-state index contributed by atoms with van der Waals surface area (Å²) < 4.78 is 26.2. The summed E-state index contributed by atoms with van der Waals surface area (Å²) >= 11 is 0. The minimum absolute atomic E-state index is 0.114. The van der Waals surface area contributed by atoms with Crippen LogP contribution in [0.5, 0.6) is 0 Å². The fourth-order valence-electron chi connectivity index (χ4n) is 1.45. The Kier molecular flexibility index (Phi) is 4.76. The number of nitrogens with zero attached hydrogens (tertiary/aromatic N) is 4. The molecule has 0 fully saturated rings. The fraction of sp³-hybridized carbons (Fsp3) is 0.167. The van der Waals surface area contributed by atoms with Crippen molar-refractivity contribution < 1.29 is 8.42 Å². The molecule has 2 heterocycles. The van der Waals surface area contributed by atoms with Crippen molar-refractivity contribution in [2.45, 2.75) is 4.90 Å². The Hall–Kier alpha value is -2.57. The molecule has 0 unspecified atom stereocenters. The van der Waals surface area contributed by atoms with Gasteiger partial charge < -0.3 is 5.32 Å². The first-order valence-corrected chi connectivity index (χ1v) is 7.47. The highest BCUT2D eigenvalue weighted by Gasteiger charge is 2.12. The Morgan fingerprint density at radius 1 is 1.19 bits per heavy atom. The second-order valence-corrected chi connectivity index (χ2v) is 5.70. The van der Waals surface area contributed by atoms with E-state index in [0.717, 1.165) is 0 Å². The summed E-state index contributed by atoms with van der Waals surface area (Å²) in [5, 5.41) is 18.9. The van der Waals surface area contributed by atoms with E-state index in [1.54, 1.807) is 12.1 Å². The van der Waals surface area contributed by atoms with E-state index in [0.29, 0.717) is 12.4 Å². The van der Waals surface area contributed by atoms with Gasteiger partial charge in [0.05, 0.1) is 0 Å². The number of hydrogen-bond donors (Lipinski definition) is 2. The molecule has 0 aliphatic rings. The van der Waals surface area contributed by atoms with Gasteiger partial charge in [0.1, 0.15) is 16.8 Å². The predicted octanol–water partition coefficient (Wildman–Crippen LogP) is 0.134. The maximum absolute atomic E-state index is 11.9. The molecule has 2 aromatic rings. The van der Waals surface area contributed by atoms with Crippen LogP contribution in [0.3, 0.4) is 0 Å². The summed E-state index contributed by atoms with van der Waals surface area (Å²) in [5.74, 6) is 0.467. The quantitative estimate of drug-likeness (QED) is 0.728. The summed E-state index contributed by atoms with van der Waals surface area (Å²) in [5.41, 5.74) is 0.220. The molecule has 0 aliphatic heterocycles. The smallest absolute Gasteiger partial charge is 0.242 e. The highest BCUT2D eigenvalue weighted by molar-refractivity contribution is 7.89. The van der Waals surface area contributed by atoms with Crippen LogP contribution in [0.2, 0.25) is 0 Å². The van der Waals surface area contributed by atoms with Gasteiger partial charge in [-0.25, -0.2) is 13.1 Å². The van der Waals surface area contributed by atoms with Crippen LogP contribution in [0.25, 0.3) is 0 Å². The molecule has 2 N–H and O–H groups in total. The fourth-order valence-corrected chi connectivity index (χ4v) is 2.45. The third-order valence-corrected chi connectivity index (χ3v) is 3.89. The molecule has 0 radical (unpaired) electrons. The number of sulfonamides is 1. The normalized spacial score (nSPS) is 10.8. The molecule has 0 atom stereocenters. The van der Waals surface area contributed by atoms with E-state index in [4.69, 9.17) is 5.26 Å². The summed E-state index contributed by atoms with van der Waals surface area (Å²) in [6.45, 7) is 0.513. The second-order valence-electron chi connectivity index (χ2n) is 3.93. The van der Waals surface area contributed by atoms with Crippen LogP contribution >= 0.6 is 0 Å². The summed E-state index contributed by atoms with van der Waals surface area (Å²) in [6.07, 6.45) is 2.78. The monoisotopic (exact) mass is 304 g/mol. The number of pyridine rings is 1. The van der Waals surface area contributed by atoms with E-state index in [2.05, 4.69) is 25.2 Å². The van der Waals surface area contributed by atoms with Crippen LogP contribution in [-0.2, 0) is 10.0 Å². The lowest BCUT2D eigenvalue weighted by molar-refractivity contribution is 0.582. The van der Waals surface area contributed by atoms with Crippen LogP contribution in [0.4, 0.5) is 5.82 Å². The maximum Gasteiger partial charge on any atom is 0.242 e. The van der Waals surface area contributed by atoms with Gasteiger partial charge in [0.15, 0.2) is 5.69 Å². The number of aromatic nitrogens is 3. The molecule has 0 saturated heterocycles. The van der Waals surface area contributed by atoms with E-state index in [1.807, 2.05) is 6.07 Å². The van der Waals surface area contributed by atoms with Crippen LogP contribution in [0.1, 0.15) is 5.69 Å². The predicted molar refractivity (Wildman–Crippen MR) is 74.7 cm³/mol. The zero-order valence-electron chi connectivity index (χ0n) is 10.9. The lowest BCUT2D eigenvalue weighted by atomic mass is 10.4. The number of nitrogens with one attached hydrogen (secondary N) is 2. The zero-order chi connectivity index (χ0) is 15.1. The van der Waals surface area contributed by atoms with Gasteiger partial charge in [0.25, 0.3) is 0 Å². The van der Waals surface area contributed by atoms with E-state index in [9.17, 15) is 8.42 Å². The van der Waals surface area contributed by atoms with E-state index in [-0.39, 0.29) is 17.1 Å². The Balaban J connectivity index is 1.83. The van der Waals surface area contributed by atoms with Crippen LogP contribution in [0.15, 0.2) is 41.6 Å². The zero-order valence-corrected chi connectivity index (χ0v) is 11.7. The van der Waals surface area contributed by atoms with Crippen molar-refractivity contribution in [3.05, 3.63) is 42.4 Å². The van der Waals surface area contributed by atoms with Crippen molar-refractivity contribution in [3.8, 4) is 6.07 Å². The largest absolute Gasteiger partial charge is 0.367 e. The van der Waals surface area contributed by atoms with E-state index < -0.39 is 10.0 Å². The highest BCUT2D eigenvalue weighted by atomic mass is 32.2. The number of hydrogen-bond acceptors (Lipinski definition) is 7. The topological polar surface area (TPSA) is 121 Å². The molecule has 8 nitrogen and oxygen atoms in total. The maximum atomic E-state index is 11.9. The summed E-state index contributed by atoms with van der Waals surface area (Å²) in [4.78, 5) is 3.88. The Morgan fingerprint density at radius 2 is 2.05 bits per heavy atom. The van der Waals surface area contributed by atoms with Crippen molar-refractivity contribution in [1.82, 2.24) is 19.9 Å². The number of rotatable bonds is 6. The van der Waals surface area contributed by atoms with E-state index >= 15 is 0 Å². The standard InChI is InChI=1S/C12H12N6O2S/c13-8-10-3-4-12(18-17-10)15-6-7-16-21(19,20)11-2-1-5-14-9-11/h1-5,9,16H,6-7H2,(H,15,18). The molecule has 108 valence electrons. The molecule has 9 heteroatoms. The minimum Gasteiger partial charge on any atom is -0.367 e. The van der Waals surface area contributed by atoms with E-state index in [1.165, 1.54) is 24.5 Å². The highest BCUT2D eigenvalue weighted by Crippen LogP contribution is 2.05. The molecular formula is C12H12N6O2S. The van der Waals surface area contributed by atoms with Gasteiger partial charge in [0, 0.05) is 25.5 Å². The number of nitriles is 1. The van der Waals surface area contributed by atoms with Gasteiger partial charge in [-0.1, -0.05) is 0 Å². The van der Waals surface area contributed by atoms with Crippen LogP contribution in [0, 0.1) is 11.3 Å². The molecule has 0 amide bonds. The lowest BCUT2D eigenvalue weighted by Gasteiger charge is -2.07. The molecule has 2 aromatic heterocycles. The molecule has 0 spiro atoms. The summed E-state index contributed by atoms with van der Waals surface area (Å²) in [7, 11) is -3.56. The molecule has 0 bridgehead atoms. The first kappa shape index (κ1) is 14.8. The van der Waals surface area contributed by atoms with Crippen LogP contribution in [-0.4, -0.2) is 36.7 Å². The van der Waals surface area contributed by atoms with Gasteiger partial charge in [-0.15, -0.1) is 10.2 Å². The molecule has 21 heavy (non-hydrogen) atoms. The Bertz CT molecular complexity index is 725. The van der Waals surface area contributed by atoms with Gasteiger partial charge in [-0.3, -0.25) is 4.98 Å². The molecule has 2 rings (SSSR count). The molecule has 0 saturated carbocycles. The van der Waals surface area contributed by atoms with Crippen molar-refractivity contribution in [2.24, 2.45) is 0 Å². The van der Waals surface area contributed by atoms with Gasteiger partial charge >= 0.3 is 0 Å². The lowest BCUT2D eigenvalue weighted by Crippen LogP contribution is -2.29. The third-order valence-electron chi connectivity index (χ3n) is 2.45. The Morgan fingerprint density at radius 3 is 2.67 bits per heavy atom. The minimum atomic E-state index is -3.56. The second kappa shape index (κ2) is 6.74. The molecule has 0 aromatic carbocycles. The van der Waals surface area contributed by atoms with Crippen molar-refractivity contribution in [1.29, 1.82) is 5.26 Å². The van der Waals surface area contributed by atoms with Gasteiger partial charge in [-0.05, 0) is 24.3 Å². The number of anilines is 1. The average molecular weight is 304 g/mol. The molecule has 0 aliphatic carbocycles. The van der Waals surface area contributed by atoms with Crippen LogP contribution < -0.4 is 10.0 Å². The van der Waals surface area contributed by atoms with Gasteiger partial charge in [0.2, 0.25) is 10.0 Å². The SMILES string of the molecule is N#Cc1ccc(NCCNS(=O)(=O)c2cccnc2)nn1. The Labute approximate surface area is 121 Å². The van der Waals surface area contributed by atoms with Crippen molar-refractivity contribution in [3.63, 3.8) is 0 Å². The summed E-state index contributed by atoms with van der Waals surface area (Å²) in [6, 6.07) is 8.00.